The summed E-state index contributed by atoms with van der Waals surface area (Å²) in [5.41, 5.74) is 1.21. The lowest BCUT2D eigenvalue weighted by Gasteiger charge is -2.39. The molecule has 2 rings (SSSR count). The van der Waals surface area contributed by atoms with Crippen molar-refractivity contribution in [2.45, 2.75) is 102 Å². The molecule has 0 spiro atoms. The monoisotopic (exact) mass is 458 g/mol. The highest BCUT2D eigenvalue weighted by Crippen LogP contribution is 2.40. The fraction of sp³-hybridized carbons (Fsp3) is 0.630. The first-order valence-electron chi connectivity index (χ1n) is 11.9. The Morgan fingerprint density at radius 2 is 1.94 bits per heavy atom. The number of rotatable bonds is 11. The fourth-order valence-corrected chi connectivity index (χ4v) is 4.78. The van der Waals surface area contributed by atoms with Crippen LogP contribution in [0.3, 0.4) is 0 Å². The van der Waals surface area contributed by atoms with Crippen molar-refractivity contribution >= 4 is 8.32 Å². The fourth-order valence-electron chi connectivity index (χ4n) is 3.42. The molecule has 5 heteroatoms. The van der Waals surface area contributed by atoms with Gasteiger partial charge in [-0.3, -0.25) is 0 Å². The van der Waals surface area contributed by atoms with Crippen LogP contribution in [0, 0.1) is 11.8 Å². The summed E-state index contributed by atoms with van der Waals surface area (Å²) in [4.78, 5) is 0. The largest absolute Gasteiger partial charge is 0.411 e. The average Bonchev–Trinajstić information content (AvgIpc) is 3.13. The summed E-state index contributed by atoms with van der Waals surface area (Å²) in [5, 5.41) is 10.3. The lowest BCUT2D eigenvalue weighted by molar-refractivity contribution is -0.0251. The van der Waals surface area contributed by atoms with E-state index in [-0.39, 0.29) is 23.4 Å². The van der Waals surface area contributed by atoms with Crippen molar-refractivity contribution in [1.82, 2.24) is 0 Å². The van der Waals surface area contributed by atoms with Gasteiger partial charge in [-0.25, -0.2) is 0 Å². The molecule has 1 aromatic carbocycles. The molecular formula is C27H42O4Si. The van der Waals surface area contributed by atoms with E-state index in [0.717, 1.165) is 25.9 Å². The van der Waals surface area contributed by atoms with Gasteiger partial charge in [0, 0.05) is 25.9 Å². The molecule has 0 unspecified atom stereocenters. The third-order valence-electron chi connectivity index (χ3n) is 6.48. The van der Waals surface area contributed by atoms with Crippen LogP contribution in [0.1, 0.15) is 58.4 Å². The highest BCUT2D eigenvalue weighted by molar-refractivity contribution is 6.74. The molecule has 1 heterocycles. The summed E-state index contributed by atoms with van der Waals surface area (Å²) >= 11 is 0. The number of unbranched alkanes of at least 4 members (excludes halogenated alkanes) is 2. The molecule has 1 saturated heterocycles. The van der Waals surface area contributed by atoms with Crippen LogP contribution in [0.2, 0.25) is 18.1 Å². The standard InChI is InChI=1S/C27H42O4Si/c1-7-23(28)25-20-26(31-32(5,6)27(2,3)4)24(30-25)18-14-9-8-10-15-19-29-21-22-16-12-11-13-17-22/h7,11-13,16-17,23-26,28H,1,8,10,15,18-21H2,2-6H3/t23-,24+,25+,26+/m1/s1. The molecule has 1 N–H and O–H groups in total. The summed E-state index contributed by atoms with van der Waals surface area (Å²) < 4.78 is 18.5. The van der Waals surface area contributed by atoms with Crippen LogP contribution in [0.25, 0.3) is 0 Å². The summed E-state index contributed by atoms with van der Waals surface area (Å²) in [6.45, 7) is 16.4. The Kier molecular flexibility index (Phi) is 10.7. The average molecular weight is 459 g/mol. The van der Waals surface area contributed by atoms with E-state index < -0.39 is 14.4 Å². The predicted molar refractivity (Wildman–Crippen MR) is 134 cm³/mol. The van der Waals surface area contributed by atoms with Crippen LogP contribution in [0.5, 0.6) is 0 Å². The van der Waals surface area contributed by atoms with Gasteiger partial charge in [0.05, 0.1) is 31.0 Å². The van der Waals surface area contributed by atoms with E-state index in [4.69, 9.17) is 13.9 Å². The Morgan fingerprint density at radius 1 is 1.22 bits per heavy atom. The van der Waals surface area contributed by atoms with Crippen LogP contribution >= 0.6 is 0 Å². The lowest BCUT2D eigenvalue weighted by atomic mass is 10.1. The first kappa shape index (κ1) is 26.8. The highest BCUT2D eigenvalue weighted by atomic mass is 28.4. The number of aliphatic hydroxyl groups excluding tert-OH is 1. The lowest BCUT2D eigenvalue weighted by Crippen LogP contribution is -2.45. The molecule has 0 aromatic heterocycles. The number of aliphatic hydroxyl groups is 1. The SMILES string of the molecule is C=C[C@@H](O)[C@@H]1C[C@H](O[Si](C)(C)C(C)(C)C)[C@H](CC#CCCCCOCc2ccccc2)O1. The number of hydrogen-bond acceptors (Lipinski definition) is 4. The maximum absolute atomic E-state index is 10.2. The Bertz CT molecular complexity index is 744. The van der Waals surface area contributed by atoms with Gasteiger partial charge in [-0.2, -0.15) is 0 Å². The zero-order valence-corrected chi connectivity index (χ0v) is 21.6. The van der Waals surface area contributed by atoms with Gasteiger partial charge in [0.1, 0.15) is 0 Å². The zero-order valence-electron chi connectivity index (χ0n) is 20.6. The van der Waals surface area contributed by atoms with Gasteiger partial charge in [0.25, 0.3) is 0 Å². The second-order valence-corrected chi connectivity index (χ2v) is 14.9. The molecule has 1 aromatic rings. The number of hydrogen-bond donors (Lipinski definition) is 1. The Hall–Kier alpha value is -1.42. The highest BCUT2D eigenvalue weighted by Gasteiger charge is 2.45. The molecule has 1 aliphatic rings. The zero-order chi connectivity index (χ0) is 23.6. The molecule has 4 nitrogen and oxygen atoms in total. The molecular weight excluding hydrogens is 416 g/mol. The number of ether oxygens (including phenoxy) is 2. The minimum atomic E-state index is -1.93. The third-order valence-corrected chi connectivity index (χ3v) is 11.0. The van der Waals surface area contributed by atoms with Crippen molar-refractivity contribution in [3.63, 3.8) is 0 Å². The predicted octanol–water partition coefficient (Wildman–Crippen LogP) is 5.86. The smallest absolute Gasteiger partial charge is 0.192 e. The molecule has 0 saturated carbocycles. The molecule has 1 fully saturated rings. The normalized spacial score (nSPS) is 22.2. The summed E-state index contributed by atoms with van der Waals surface area (Å²) in [6, 6.07) is 10.2. The van der Waals surface area contributed by atoms with Gasteiger partial charge in [0.2, 0.25) is 0 Å². The summed E-state index contributed by atoms with van der Waals surface area (Å²) in [5.74, 6) is 6.57. The van der Waals surface area contributed by atoms with Gasteiger partial charge in [-0.15, -0.1) is 18.4 Å². The minimum absolute atomic E-state index is 0.0313. The van der Waals surface area contributed by atoms with Crippen LogP contribution in [0.4, 0.5) is 0 Å². The molecule has 0 bridgehead atoms. The summed E-state index contributed by atoms with van der Waals surface area (Å²) in [7, 11) is -1.93. The van der Waals surface area contributed by atoms with Crippen LogP contribution < -0.4 is 0 Å². The van der Waals surface area contributed by atoms with E-state index in [1.54, 1.807) is 6.08 Å². The van der Waals surface area contributed by atoms with Crippen molar-refractivity contribution in [2.75, 3.05) is 6.61 Å². The topological polar surface area (TPSA) is 47.9 Å². The van der Waals surface area contributed by atoms with E-state index >= 15 is 0 Å². The molecule has 0 amide bonds. The number of benzene rings is 1. The molecule has 32 heavy (non-hydrogen) atoms. The van der Waals surface area contributed by atoms with Crippen molar-refractivity contribution in [1.29, 1.82) is 0 Å². The molecule has 178 valence electrons. The minimum Gasteiger partial charge on any atom is -0.411 e. The third kappa shape index (κ3) is 8.50. The quantitative estimate of drug-likeness (QED) is 0.195. The van der Waals surface area contributed by atoms with Crippen LogP contribution in [0.15, 0.2) is 43.0 Å². The van der Waals surface area contributed by atoms with Crippen LogP contribution in [-0.2, 0) is 20.5 Å². The second-order valence-electron chi connectivity index (χ2n) is 10.1. The molecule has 4 atom stereocenters. The van der Waals surface area contributed by atoms with Crippen molar-refractivity contribution in [2.24, 2.45) is 0 Å². The first-order chi connectivity index (χ1) is 15.1. The van der Waals surface area contributed by atoms with Crippen molar-refractivity contribution < 1.29 is 19.0 Å². The van der Waals surface area contributed by atoms with Gasteiger partial charge < -0.3 is 19.0 Å². The van der Waals surface area contributed by atoms with E-state index in [1.807, 2.05) is 18.2 Å². The molecule has 0 aliphatic carbocycles. The Balaban J connectivity index is 1.76. The second kappa shape index (κ2) is 12.7. The summed E-state index contributed by atoms with van der Waals surface area (Å²) in [6.07, 6.45) is 4.67. The van der Waals surface area contributed by atoms with Crippen molar-refractivity contribution in [3.8, 4) is 11.8 Å². The van der Waals surface area contributed by atoms with Crippen LogP contribution in [-0.4, -0.2) is 44.4 Å². The van der Waals surface area contributed by atoms with E-state index in [2.05, 4.69) is 64.4 Å². The Labute approximate surface area is 196 Å². The Morgan fingerprint density at radius 3 is 2.59 bits per heavy atom. The van der Waals surface area contributed by atoms with E-state index in [0.29, 0.717) is 19.4 Å². The van der Waals surface area contributed by atoms with E-state index in [1.165, 1.54) is 5.56 Å². The maximum atomic E-state index is 10.2. The molecule has 1 aliphatic heterocycles. The van der Waals surface area contributed by atoms with Gasteiger partial charge >= 0.3 is 0 Å². The first-order valence-corrected chi connectivity index (χ1v) is 14.8. The van der Waals surface area contributed by atoms with E-state index in [9.17, 15) is 5.11 Å². The van der Waals surface area contributed by atoms with Gasteiger partial charge in [-0.05, 0) is 36.5 Å². The maximum Gasteiger partial charge on any atom is 0.192 e. The van der Waals surface area contributed by atoms with Crippen molar-refractivity contribution in [3.05, 3.63) is 48.6 Å². The van der Waals surface area contributed by atoms with Gasteiger partial charge in [-0.1, -0.05) is 57.2 Å². The molecule has 0 radical (unpaired) electrons. The van der Waals surface area contributed by atoms with Gasteiger partial charge in [0.15, 0.2) is 8.32 Å².